The van der Waals surface area contributed by atoms with Crippen molar-refractivity contribution in [2.45, 2.75) is 32.5 Å². The molecule has 2 aromatic rings. The molecule has 0 spiro atoms. The van der Waals surface area contributed by atoms with Gasteiger partial charge in [0, 0.05) is 18.7 Å². The maximum atomic E-state index is 13.6. The molecule has 128 valence electrons. The van der Waals surface area contributed by atoms with Crippen LogP contribution in [0.4, 0.5) is 10.2 Å². The number of rotatable bonds is 5. The Kier molecular flexibility index (Phi) is 5.25. The summed E-state index contributed by atoms with van der Waals surface area (Å²) in [6.45, 7) is 3.86. The molecule has 0 amide bonds. The van der Waals surface area contributed by atoms with Gasteiger partial charge in [0.05, 0.1) is 31.7 Å². The van der Waals surface area contributed by atoms with Crippen LogP contribution in [0.15, 0.2) is 30.5 Å². The summed E-state index contributed by atoms with van der Waals surface area (Å²) < 4.78 is 24.8. The highest BCUT2D eigenvalue weighted by molar-refractivity contribution is 5.48. The molecule has 6 heteroatoms. The van der Waals surface area contributed by atoms with Crippen molar-refractivity contribution >= 4 is 5.82 Å². The number of ether oxygens (including phenoxy) is 2. The number of piperidine rings is 1. The van der Waals surface area contributed by atoms with E-state index in [4.69, 9.17) is 9.47 Å². The molecule has 0 atom stereocenters. The third kappa shape index (κ3) is 3.82. The third-order valence-electron chi connectivity index (χ3n) is 4.21. The molecule has 0 saturated carbocycles. The van der Waals surface area contributed by atoms with Gasteiger partial charge in [-0.15, -0.1) is 0 Å². The molecule has 1 aliphatic heterocycles. The van der Waals surface area contributed by atoms with Gasteiger partial charge in [0.2, 0.25) is 0 Å². The molecule has 1 aliphatic rings. The van der Waals surface area contributed by atoms with Gasteiger partial charge in [0.15, 0.2) is 5.82 Å². The number of hydrogen-bond donors (Lipinski definition) is 0. The zero-order chi connectivity index (χ0) is 16.9. The fourth-order valence-electron chi connectivity index (χ4n) is 2.86. The zero-order valence-electron chi connectivity index (χ0n) is 14.0. The van der Waals surface area contributed by atoms with Crippen LogP contribution in [0.25, 0.3) is 0 Å². The summed E-state index contributed by atoms with van der Waals surface area (Å²) in [5.41, 5.74) is 1.47. The number of aryl methyl sites for hydroxylation is 1. The smallest absolute Gasteiger partial charge is 0.257 e. The van der Waals surface area contributed by atoms with Crippen LogP contribution in [0.2, 0.25) is 0 Å². The van der Waals surface area contributed by atoms with Crippen molar-refractivity contribution in [3.63, 3.8) is 0 Å². The first kappa shape index (κ1) is 16.6. The summed E-state index contributed by atoms with van der Waals surface area (Å²) in [5.74, 6) is 1.12. The highest BCUT2D eigenvalue weighted by atomic mass is 19.1. The van der Waals surface area contributed by atoms with Crippen molar-refractivity contribution in [3.05, 3.63) is 47.5 Å². The third-order valence-corrected chi connectivity index (χ3v) is 4.21. The van der Waals surface area contributed by atoms with Gasteiger partial charge in [0.25, 0.3) is 5.88 Å². The fraction of sp³-hybridized carbons (Fsp3) is 0.444. The minimum atomic E-state index is -0.213. The average Bonchev–Trinajstić information content (AvgIpc) is 2.61. The van der Waals surface area contributed by atoms with Gasteiger partial charge in [-0.3, -0.25) is 0 Å². The summed E-state index contributed by atoms with van der Waals surface area (Å²) in [4.78, 5) is 11.0. The number of benzene rings is 1. The summed E-state index contributed by atoms with van der Waals surface area (Å²) >= 11 is 0. The molecule has 3 rings (SSSR count). The number of methoxy groups -OCH3 is 1. The quantitative estimate of drug-likeness (QED) is 0.842. The van der Waals surface area contributed by atoms with Gasteiger partial charge in [-0.05, 0) is 25.8 Å². The molecule has 0 aliphatic carbocycles. The van der Waals surface area contributed by atoms with Gasteiger partial charge in [-0.25, -0.2) is 14.4 Å². The second-order valence-corrected chi connectivity index (χ2v) is 5.93. The first-order chi connectivity index (χ1) is 11.7. The van der Waals surface area contributed by atoms with E-state index in [0.29, 0.717) is 18.1 Å². The van der Waals surface area contributed by atoms with Crippen molar-refractivity contribution in [3.8, 4) is 5.88 Å². The molecule has 2 heterocycles. The van der Waals surface area contributed by atoms with E-state index in [1.165, 1.54) is 6.07 Å². The lowest BCUT2D eigenvalue weighted by molar-refractivity contribution is 0.0236. The highest BCUT2D eigenvalue weighted by Gasteiger charge is 2.24. The van der Waals surface area contributed by atoms with Crippen molar-refractivity contribution in [2.24, 2.45) is 0 Å². The van der Waals surface area contributed by atoms with Crippen LogP contribution in [-0.2, 0) is 11.3 Å². The minimum Gasteiger partial charge on any atom is -0.478 e. The van der Waals surface area contributed by atoms with E-state index >= 15 is 0 Å². The Hall–Kier alpha value is -2.21. The minimum absolute atomic E-state index is 0.129. The van der Waals surface area contributed by atoms with Crippen LogP contribution < -0.4 is 9.64 Å². The predicted molar refractivity (Wildman–Crippen MR) is 89.7 cm³/mol. The van der Waals surface area contributed by atoms with Crippen molar-refractivity contribution < 1.29 is 13.9 Å². The topological polar surface area (TPSA) is 47.5 Å². The summed E-state index contributed by atoms with van der Waals surface area (Å²) in [6.07, 6.45) is 3.57. The predicted octanol–water partition coefficient (Wildman–Crippen LogP) is 3.12. The largest absolute Gasteiger partial charge is 0.478 e. The molecule has 0 N–H and O–H groups in total. The van der Waals surface area contributed by atoms with E-state index < -0.39 is 0 Å². The Morgan fingerprint density at radius 3 is 2.71 bits per heavy atom. The van der Waals surface area contributed by atoms with Crippen molar-refractivity contribution in [2.75, 3.05) is 25.1 Å². The number of aromatic nitrogens is 2. The molecule has 1 aromatic heterocycles. The molecule has 5 nitrogen and oxygen atoms in total. The fourth-order valence-corrected chi connectivity index (χ4v) is 2.86. The van der Waals surface area contributed by atoms with Crippen LogP contribution in [0, 0.1) is 12.7 Å². The Bertz CT molecular complexity index is 688. The van der Waals surface area contributed by atoms with Crippen LogP contribution in [0.1, 0.15) is 24.1 Å². The lowest BCUT2D eigenvalue weighted by Gasteiger charge is -2.33. The molecule has 1 saturated heterocycles. The molecule has 0 unspecified atom stereocenters. The second kappa shape index (κ2) is 7.57. The monoisotopic (exact) mass is 331 g/mol. The van der Waals surface area contributed by atoms with Crippen LogP contribution in [0.5, 0.6) is 5.88 Å². The Morgan fingerprint density at radius 2 is 2.00 bits per heavy atom. The maximum Gasteiger partial charge on any atom is 0.257 e. The average molecular weight is 331 g/mol. The summed E-state index contributed by atoms with van der Waals surface area (Å²) in [6, 6.07) is 6.74. The standard InChI is InChI=1S/C18H22FN3O2/c1-13-11-20-18(23-2)17(21-13)22-9-7-15(8-10-22)24-12-14-5-3-4-6-16(14)19/h3-6,11,15H,7-10,12H2,1-2H3. The van der Waals surface area contributed by atoms with E-state index in [2.05, 4.69) is 14.9 Å². The number of nitrogens with zero attached hydrogens (tertiary/aromatic N) is 3. The van der Waals surface area contributed by atoms with Gasteiger partial charge in [0.1, 0.15) is 5.82 Å². The van der Waals surface area contributed by atoms with E-state index in [9.17, 15) is 4.39 Å². The van der Waals surface area contributed by atoms with Crippen LogP contribution >= 0.6 is 0 Å². The Morgan fingerprint density at radius 1 is 1.25 bits per heavy atom. The summed E-state index contributed by atoms with van der Waals surface area (Å²) in [5, 5.41) is 0. The highest BCUT2D eigenvalue weighted by Crippen LogP contribution is 2.27. The Balaban J connectivity index is 1.56. The van der Waals surface area contributed by atoms with Gasteiger partial charge in [-0.2, -0.15) is 0 Å². The normalized spacial score (nSPS) is 15.5. The van der Waals surface area contributed by atoms with E-state index in [0.717, 1.165) is 37.4 Å². The van der Waals surface area contributed by atoms with Gasteiger partial charge < -0.3 is 14.4 Å². The van der Waals surface area contributed by atoms with Crippen LogP contribution in [0.3, 0.4) is 0 Å². The summed E-state index contributed by atoms with van der Waals surface area (Å²) in [7, 11) is 1.60. The van der Waals surface area contributed by atoms with Gasteiger partial charge >= 0.3 is 0 Å². The van der Waals surface area contributed by atoms with E-state index in [1.807, 2.05) is 13.0 Å². The molecule has 1 fully saturated rings. The van der Waals surface area contributed by atoms with Crippen molar-refractivity contribution in [1.29, 1.82) is 0 Å². The van der Waals surface area contributed by atoms with Crippen LogP contribution in [-0.4, -0.2) is 36.3 Å². The molecular weight excluding hydrogens is 309 g/mol. The molecule has 0 radical (unpaired) electrons. The number of anilines is 1. The lowest BCUT2D eigenvalue weighted by Crippen LogP contribution is -2.37. The lowest BCUT2D eigenvalue weighted by atomic mass is 10.1. The molecule has 1 aromatic carbocycles. The van der Waals surface area contributed by atoms with Gasteiger partial charge in [-0.1, -0.05) is 18.2 Å². The SMILES string of the molecule is COc1ncc(C)nc1N1CCC(OCc2ccccc2F)CC1. The maximum absolute atomic E-state index is 13.6. The Labute approximate surface area is 141 Å². The van der Waals surface area contributed by atoms with E-state index in [-0.39, 0.29) is 11.9 Å². The first-order valence-corrected chi connectivity index (χ1v) is 8.15. The second-order valence-electron chi connectivity index (χ2n) is 5.93. The number of halogens is 1. The molecule has 24 heavy (non-hydrogen) atoms. The zero-order valence-corrected chi connectivity index (χ0v) is 14.0. The van der Waals surface area contributed by atoms with Crippen molar-refractivity contribution in [1.82, 2.24) is 9.97 Å². The number of hydrogen-bond acceptors (Lipinski definition) is 5. The molecular formula is C18H22FN3O2. The first-order valence-electron chi connectivity index (χ1n) is 8.15. The van der Waals surface area contributed by atoms with E-state index in [1.54, 1.807) is 25.4 Å². The molecule has 0 bridgehead atoms.